The van der Waals surface area contributed by atoms with Gasteiger partial charge in [-0.2, -0.15) is 4.31 Å². The summed E-state index contributed by atoms with van der Waals surface area (Å²) in [4.78, 5) is 28.1. The SMILES string of the molecule is CCCCN1C(=O)c2cccc3c(NC(=O)c4ccc(S(=O)(=O)N5CCCCCC5)cc4)ccc1c23. The molecule has 0 saturated carbocycles. The number of sulfonamides is 1. The Morgan fingerprint density at radius 1 is 0.944 bits per heavy atom. The summed E-state index contributed by atoms with van der Waals surface area (Å²) in [6.07, 6.45) is 5.76. The third kappa shape index (κ3) is 4.40. The van der Waals surface area contributed by atoms with Crippen molar-refractivity contribution in [3.05, 3.63) is 65.7 Å². The number of rotatable bonds is 7. The highest BCUT2D eigenvalue weighted by Gasteiger charge is 2.30. The van der Waals surface area contributed by atoms with Crippen molar-refractivity contribution in [3.8, 4) is 0 Å². The molecule has 7 nitrogen and oxygen atoms in total. The molecule has 0 aromatic heterocycles. The van der Waals surface area contributed by atoms with Gasteiger partial charge in [0.05, 0.1) is 10.6 Å². The summed E-state index contributed by atoms with van der Waals surface area (Å²) in [6, 6.07) is 15.4. The van der Waals surface area contributed by atoms with Crippen LogP contribution in [0.3, 0.4) is 0 Å². The number of unbranched alkanes of at least 4 members (excludes halogenated alkanes) is 1. The van der Waals surface area contributed by atoms with Crippen LogP contribution in [0.4, 0.5) is 11.4 Å². The van der Waals surface area contributed by atoms with Crippen molar-refractivity contribution >= 4 is 44.0 Å². The second-order valence-electron chi connectivity index (χ2n) is 9.47. The Kier molecular flexibility index (Phi) is 6.81. The van der Waals surface area contributed by atoms with Gasteiger partial charge in [-0.25, -0.2) is 8.42 Å². The number of carbonyl (C=O) groups is 2. The van der Waals surface area contributed by atoms with Gasteiger partial charge in [0.15, 0.2) is 0 Å². The Balaban J connectivity index is 1.38. The zero-order valence-electron chi connectivity index (χ0n) is 20.5. The fourth-order valence-corrected chi connectivity index (χ4v) is 6.61. The maximum atomic E-state index is 13.1. The first-order valence-electron chi connectivity index (χ1n) is 12.7. The van der Waals surface area contributed by atoms with E-state index in [-0.39, 0.29) is 16.7 Å². The van der Waals surface area contributed by atoms with Crippen LogP contribution in [0.15, 0.2) is 59.5 Å². The summed E-state index contributed by atoms with van der Waals surface area (Å²) in [5, 5.41) is 4.63. The minimum Gasteiger partial charge on any atom is -0.321 e. The maximum absolute atomic E-state index is 13.1. The van der Waals surface area contributed by atoms with Gasteiger partial charge >= 0.3 is 0 Å². The van der Waals surface area contributed by atoms with E-state index in [0.29, 0.717) is 36.4 Å². The molecular weight excluding hydrogens is 474 g/mol. The third-order valence-electron chi connectivity index (χ3n) is 7.09. The normalized spacial score (nSPS) is 16.4. The van der Waals surface area contributed by atoms with Gasteiger partial charge in [0, 0.05) is 47.2 Å². The lowest BCUT2D eigenvalue weighted by molar-refractivity contribution is 0.0991. The van der Waals surface area contributed by atoms with Crippen molar-refractivity contribution in [2.45, 2.75) is 50.3 Å². The summed E-state index contributed by atoms with van der Waals surface area (Å²) in [5.41, 5.74) is 2.51. The molecule has 3 aromatic rings. The van der Waals surface area contributed by atoms with Crippen LogP contribution in [0.2, 0.25) is 0 Å². The van der Waals surface area contributed by atoms with E-state index in [4.69, 9.17) is 0 Å². The zero-order chi connectivity index (χ0) is 25.3. The van der Waals surface area contributed by atoms with Crippen molar-refractivity contribution in [2.75, 3.05) is 29.9 Å². The molecule has 0 aliphatic carbocycles. The number of nitrogens with zero attached hydrogens (tertiary/aromatic N) is 2. The van der Waals surface area contributed by atoms with Gasteiger partial charge in [0.25, 0.3) is 11.8 Å². The fraction of sp³-hybridized carbons (Fsp3) is 0.357. The Labute approximate surface area is 212 Å². The molecule has 2 amide bonds. The van der Waals surface area contributed by atoms with E-state index in [1.807, 2.05) is 35.2 Å². The van der Waals surface area contributed by atoms with Gasteiger partial charge in [-0.3, -0.25) is 9.59 Å². The molecule has 0 bridgehead atoms. The molecule has 36 heavy (non-hydrogen) atoms. The number of hydrogen-bond donors (Lipinski definition) is 1. The molecule has 3 aromatic carbocycles. The molecule has 8 heteroatoms. The van der Waals surface area contributed by atoms with E-state index >= 15 is 0 Å². The first kappa shape index (κ1) is 24.5. The van der Waals surface area contributed by atoms with Crippen LogP contribution in [0.5, 0.6) is 0 Å². The highest BCUT2D eigenvalue weighted by atomic mass is 32.2. The summed E-state index contributed by atoms with van der Waals surface area (Å²) >= 11 is 0. The van der Waals surface area contributed by atoms with Gasteiger partial charge in [-0.15, -0.1) is 0 Å². The molecule has 2 aliphatic heterocycles. The van der Waals surface area contributed by atoms with E-state index in [1.54, 1.807) is 16.4 Å². The average molecular weight is 506 g/mol. The number of carbonyl (C=O) groups excluding carboxylic acids is 2. The molecule has 1 saturated heterocycles. The Hall–Kier alpha value is -3.23. The van der Waals surface area contributed by atoms with E-state index < -0.39 is 10.0 Å². The highest BCUT2D eigenvalue weighted by Crippen LogP contribution is 2.40. The van der Waals surface area contributed by atoms with Crippen molar-refractivity contribution in [1.29, 1.82) is 0 Å². The minimum absolute atomic E-state index is 0.00580. The molecule has 2 aliphatic rings. The van der Waals surface area contributed by atoms with Crippen molar-refractivity contribution in [3.63, 3.8) is 0 Å². The predicted octanol–water partition coefficient (Wildman–Crippen LogP) is 5.42. The number of anilines is 2. The Morgan fingerprint density at radius 3 is 2.36 bits per heavy atom. The molecule has 5 rings (SSSR count). The lowest BCUT2D eigenvalue weighted by Crippen LogP contribution is -2.31. The lowest BCUT2D eigenvalue weighted by atomic mass is 10.0. The van der Waals surface area contributed by atoms with E-state index in [0.717, 1.165) is 55.0 Å². The standard InChI is InChI=1S/C28H31N3O4S/c1-2-3-19-31-25-16-15-24(22-9-8-10-23(26(22)25)28(31)33)29-27(32)20-11-13-21(14-12-20)36(34,35)30-17-6-4-5-7-18-30/h8-16H,2-7,17-19H2,1H3,(H,29,32). The number of amides is 2. The van der Waals surface area contributed by atoms with Crippen LogP contribution in [-0.4, -0.2) is 44.2 Å². The molecule has 2 heterocycles. The van der Waals surface area contributed by atoms with E-state index in [2.05, 4.69) is 12.2 Å². The summed E-state index contributed by atoms with van der Waals surface area (Å²) in [5.74, 6) is -0.338. The molecule has 1 fully saturated rings. The van der Waals surface area contributed by atoms with Gasteiger partial charge in [0.1, 0.15) is 0 Å². The fourth-order valence-electron chi connectivity index (χ4n) is 5.10. The first-order chi connectivity index (χ1) is 17.4. The minimum atomic E-state index is -3.57. The van der Waals surface area contributed by atoms with Crippen molar-refractivity contribution < 1.29 is 18.0 Å². The molecule has 0 radical (unpaired) electrons. The van der Waals surface area contributed by atoms with Crippen LogP contribution < -0.4 is 10.2 Å². The largest absolute Gasteiger partial charge is 0.321 e. The summed E-state index contributed by atoms with van der Waals surface area (Å²) < 4.78 is 27.6. The average Bonchev–Trinajstić information content (AvgIpc) is 3.05. The summed E-state index contributed by atoms with van der Waals surface area (Å²) in [7, 11) is -3.57. The second kappa shape index (κ2) is 10.0. The molecule has 0 atom stereocenters. The highest BCUT2D eigenvalue weighted by molar-refractivity contribution is 7.89. The van der Waals surface area contributed by atoms with Crippen LogP contribution >= 0.6 is 0 Å². The quantitative estimate of drug-likeness (QED) is 0.465. The molecular formula is C28H31N3O4S. The molecule has 0 spiro atoms. The maximum Gasteiger partial charge on any atom is 0.258 e. The Bertz CT molecular complexity index is 1410. The predicted molar refractivity (Wildman–Crippen MR) is 142 cm³/mol. The lowest BCUT2D eigenvalue weighted by Gasteiger charge is -2.20. The smallest absolute Gasteiger partial charge is 0.258 e. The number of hydrogen-bond acceptors (Lipinski definition) is 4. The van der Waals surface area contributed by atoms with E-state index in [1.165, 1.54) is 12.1 Å². The summed E-state index contributed by atoms with van der Waals surface area (Å²) in [6.45, 7) is 3.83. The van der Waals surface area contributed by atoms with Crippen LogP contribution in [-0.2, 0) is 10.0 Å². The van der Waals surface area contributed by atoms with Gasteiger partial charge in [-0.05, 0) is 61.7 Å². The van der Waals surface area contributed by atoms with Crippen molar-refractivity contribution in [1.82, 2.24) is 4.31 Å². The van der Waals surface area contributed by atoms with Gasteiger partial charge in [0.2, 0.25) is 10.0 Å². The topological polar surface area (TPSA) is 86.8 Å². The monoisotopic (exact) mass is 505 g/mol. The third-order valence-corrected chi connectivity index (χ3v) is 9.00. The number of nitrogens with one attached hydrogen (secondary N) is 1. The molecule has 1 N–H and O–H groups in total. The zero-order valence-corrected chi connectivity index (χ0v) is 21.3. The van der Waals surface area contributed by atoms with Crippen LogP contribution in [0.25, 0.3) is 10.8 Å². The van der Waals surface area contributed by atoms with E-state index in [9.17, 15) is 18.0 Å². The molecule has 0 unspecified atom stereocenters. The number of benzene rings is 3. The van der Waals surface area contributed by atoms with Gasteiger partial charge < -0.3 is 10.2 Å². The first-order valence-corrected chi connectivity index (χ1v) is 14.1. The van der Waals surface area contributed by atoms with Crippen LogP contribution in [0.1, 0.15) is 66.2 Å². The Morgan fingerprint density at radius 2 is 1.67 bits per heavy atom. The molecule has 188 valence electrons. The van der Waals surface area contributed by atoms with Crippen LogP contribution in [0, 0.1) is 0 Å². The van der Waals surface area contributed by atoms with Gasteiger partial charge in [-0.1, -0.05) is 38.3 Å². The van der Waals surface area contributed by atoms with Crippen molar-refractivity contribution in [2.24, 2.45) is 0 Å². The second-order valence-corrected chi connectivity index (χ2v) is 11.4.